The van der Waals surface area contributed by atoms with Crippen LogP contribution < -0.4 is 11.3 Å². The van der Waals surface area contributed by atoms with E-state index in [1.54, 1.807) is 0 Å². The Morgan fingerprint density at radius 3 is 3.19 bits per heavy atom. The fourth-order valence-corrected chi connectivity index (χ4v) is 2.24. The van der Waals surface area contributed by atoms with E-state index in [4.69, 9.17) is 10.6 Å². The van der Waals surface area contributed by atoms with Crippen molar-refractivity contribution in [1.29, 1.82) is 0 Å². The molecule has 2 atom stereocenters. The third kappa shape index (κ3) is 2.81. The largest absolute Gasteiger partial charge is 0.381 e. The summed E-state index contributed by atoms with van der Waals surface area (Å²) in [5.41, 5.74) is 3.98. The lowest BCUT2D eigenvalue weighted by molar-refractivity contribution is 0.0391. The number of ether oxygens (including phenoxy) is 1. The van der Waals surface area contributed by atoms with Crippen LogP contribution in [0.1, 0.15) is 18.5 Å². The fraction of sp³-hybridized carbons (Fsp3) is 0.727. The summed E-state index contributed by atoms with van der Waals surface area (Å²) in [5, 5.41) is 4.37. The molecule has 1 fully saturated rings. The molecule has 0 saturated carbocycles. The quantitative estimate of drug-likeness (QED) is 0.567. The maximum Gasteiger partial charge on any atom is 0.0640 e. The standard InChI is InChI=1S/C11H20N4O/c1-15-5-4-10(14-15)7-11(13-12)9-3-2-6-16-8-9/h4-5,9,11,13H,2-3,6-8,12H2,1H3. The molecule has 0 spiro atoms. The molecule has 0 aliphatic carbocycles. The molecule has 1 saturated heterocycles. The van der Waals surface area contributed by atoms with Gasteiger partial charge in [0.1, 0.15) is 0 Å². The summed E-state index contributed by atoms with van der Waals surface area (Å²) in [6, 6.07) is 2.30. The molecule has 5 nitrogen and oxygen atoms in total. The minimum Gasteiger partial charge on any atom is -0.381 e. The average molecular weight is 224 g/mol. The second kappa shape index (κ2) is 5.43. The summed E-state index contributed by atoms with van der Waals surface area (Å²) in [6.45, 7) is 1.69. The first kappa shape index (κ1) is 11.6. The van der Waals surface area contributed by atoms with Gasteiger partial charge in [-0.05, 0) is 24.8 Å². The molecule has 90 valence electrons. The van der Waals surface area contributed by atoms with Crippen molar-refractivity contribution < 1.29 is 4.74 Å². The van der Waals surface area contributed by atoms with Crippen molar-refractivity contribution in [2.75, 3.05) is 13.2 Å². The van der Waals surface area contributed by atoms with Gasteiger partial charge < -0.3 is 4.74 Å². The summed E-state index contributed by atoms with van der Waals surface area (Å²) in [5.74, 6) is 6.12. The first-order valence-corrected chi connectivity index (χ1v) is 5.82. The van der Waals surface area contributed by atoms with E-state index in [2.05, 4.69) is 10.5 Å². The van der Waals surface area contributed by atoms with Gasteiger partial charge in [0.25, 0.3) is 0 Å². The number of rotatable bonds is 4. The monoisotopic (exact) mass is 224 g/mol. The van der Waals surface area contributed by atoms with Crippen LogP contribution in [0.3, 0.4) is 0 Å². The van der Waals surface area contributed by atoms with Crippen LogP contribution in [-0.4, -0.2) is 29.0 Å². The van der Waals surface area contributed by atoms with Crippen LogP contribution in [0.5, 0.6) is 0 Å². The first-order valence-electron chi connectivity index (χ1n) is 5.82. The molecule has 1 aromatic heterocycles. The molecule has 2 rings (SSSR count). The molecule has 1 aliphatic heterocycles. The van der Waals surface area contributed by atoms with Gasteiger partial charge in [0.15, 0.2) is 0 Å². The second-order valence-electron chi connectivity index (χ2n) is 4.44. The number of hydrogen-bond donors (Lipinski definition) is 2. The molecule has 5 heteroatoms. The normalized spacial score (nSPS) is 23.2. The number of nitrogens with zero attached hydrogens (tertiary/aromatic N) is 2. The average Bonchev–Trinajstić information content (AvgIpc) is 2.73. The highest BCUT2D eigenvalue weighted by Crippen LogP contribution is 2.19. The summed E-state index contributed by atoms with van der Waals surface area (Å²) in [6.07, 6.45) is 5.14. The SMILES string of the molecule is Cn1ccc(CC(NN)C2CCCOC2)n1. The smallest absolute Gasteiger partial charge is 0.0640 e. The van der Waals surface area contributed by atoms with Crippen molar-refractivity contribution in [2.45, 2.75) is 25.3 Å². The minimum absolute atomic E-state index is 0.259. The Bertz CT molecular complexity index is 320. The minimum atomic E-state index is 0.259. The molecule has 0 radical (unpaired) electrons. The zero-order valence-corrected chi connectivity index (χ0v) is 9.72. The van der Waals surface area contributed by atoms with Crippen molar-refractivity contribution in [2.24, 2.45) is 18.8 Å². The predicted octanol–water partition coefficient (Wildman–Crippen LogP) is 0.221. The Balaban J connectivity index is 1.94. The number of aromatic nitrogens is 2. The Hall–Kier alpha value is -0.910. The number of aryl methyl sites for hydroxylation is 1. The predicted molar refractivity (Wildman–Crippen MR) is 61.6 cm³/mol. The van der Waals surface area contributed by atoms with Gasteiger partial charge in [-0.2, -0.15) is 5.10 Å². The van der Waals surface area contributed by atoms with Gasteiger partial charge in [0.2, 0.25) is 0 Å². The second-order valence-corrected chi connectivity index (χ2v) is 4.44. The van der Waals surface area contributed by atoms with Crippen LogP contribution in [0.4, 0.5) is 0 Å². The fourth-order valence-electron chi connectivity index (χ4n) is 2.24. The molecule has 2 heterocycles. The molecular formula is C11H20N4O. The van der Waals surface area contributed by atoms with Crippen molar-refractivity contribution in [3.8, 4) is 0 Å². The van der Waals surface area contributed by atoms with E-state index in [0.29, 0.717) is 5.92 Å². The number of nitrogens with one attached hydrogen (secondary N) is 1. The Morgan fingerprint density at radius 2 is 2.62 bits per heavy atom. The summed E-state index contributed by atoms with van der Waals surface area (Å²) >= 11 is 0. The van der Waals surface area contributed by atoms with Crippen molar-refractivity contribution in [3.05, 3.63) is 18.0 Å². The van der Waals surface area contributed by atoms with E-state index in [9.17, 15) is 0 Å². The third-order valence-electron chi connectivity index (χ3n) is 3.18. The van der Waals surface area contributed by atoms with Gasteiger partial charge in [0.05, 0.1) is 12.3 Å². The molecule has 1 aromatic rings. The van der Waals surface area contributed by atoms with E-state index < -0.39 is 0 Å². The van der Waals surface area contributed by atoms with Crippen molar-refractivity contribution >= 4 is 0 Å². The van der Waals surface area contributed by atoms with Crippen LogP contribution in [0.2, 0.25) is 0 Å². The third-order valence-corrected chi connectivity index (χ3v) is 3.18. The van der Waals surface area contributed by atoms with Gasteiger partial charge in [-0.25, -0.2) is 0 Å². The highest BCUT2D eigenvalue weighted by Gasteiger charge is 2.24. The lowest BCUT2D eigenvalue weighted by Crippen LogP contribution is -2.45. The molecule has 16 heavy (non-hydrogen) atoms. The van der Waals surface area contributed by atoms with Gasteiger partial charge in [-0.3, -0.25) is 16.0 Å². The van der Waals surface area contributed by atoms with Gasteiger partial charge in [0, 0.05) is 32.3 Å². The van der Waals surface area contributed by atoms with Crippen LogP contribution in [-0.2, 0) is 18.2 Å². The summed E-state index contributed by atoms with van der Waals surface area (Å²) in [4.78, 5) is 0. The highest BCUT2D eigenvalue weighted by molar-refractivity contribution is 5.02. The Morgan fingerprint density at radius 1 is 1.75 bits per heavy atom. The maximum absolute atomic E-state index is 5.62. The lowest BCUT2D eigenvalue weighted by Gasteiger charge is -2.29. The van der Waals surface area contributed by atoms with E-state index in [-0.39, 0.29) is 6.04 Å². The number of hydrazine groups is 1. The van der Waals surface area contributed by atoms with Crippen LogP contribution in [0.15, 0.2) is 12.3 Å². The molecular weight excluding hydrogens is 204 g/mol. The molecule has 2 unspecified atom stereocenters. The first-order chi connectivity index (χ1) is 7.79. The maximum atomic E-state index is 5.62. The highest BCUT2D eigenvalue weighted by atomic mass is 16.5. The van der Waals surface area contributed by atoms with E-state index in [0.717, 1.165) is 31.7 Å². The van der Waals surface area contributed by atoms with Gasteiger partial charge in [-0.1, -0.05) is 0 Å². The molecule has 1 aliphatic rings. The van der Waals surface area contributed by atoms with Crippen LogP contribution in [0, 0.1) is 5.92 Å². The lowest BCUT2D eigenvalue weighted by atomic mass is 9.91. The summed E-state index contributed by atoms with van der Waals surface area (Å²) < 4.78 is 7.31. The number of nitrogens with two attached hydrogens (primary N) is 1. The summed E-state index contributed by atoms with van der Waals surface area (Å²) in [7, 11) is 1.93. The van der Waals surface area contributed by atoms with Gasteiger partial charge >= 0.3 is 0 Å². The van der Waals surface area contributed by atoms with Gasteiger partial charge in [-0.15, -0.1) is 0 Å². The topological polar surface area (TPSA) is 65.1 Å². The van der Waals surface area contributed by atoms with E-state index >= 15 is 0 Å². The molecule has 3 N–H and O–H groups in total. The van der Waals surface area contributed by atoms with Crippen LogP contribution in [0.25, 0.3) is 0 Å². The van der Waals surface area contributed by atoms with Crippen molar-refractivity contribution in [3.63, 3.8) is 0 Å². The zero-order valence-electron chi connectivity index (χ0n) is 9.72. The molecule has 0 bridgehead atoms. The number of hydrogen-bond acceptors (Lipinski definition) is 4. The molecule has 0 amide bonds. The van der Waals surface area contributed by atoms with E-state index in [1.165, 1.54) is 6.42 Å². The van der Waals surface area contributed by atoms with Crippen molar-refractivity contribution in [1.82, 2.24) is 15.2 Å². The Labute approximate surface area is 95.9 Å². The van der Waals surface area contributed by atoms with E-state index in [1.807, 2.05) is 24.0 Å². The Kier molecular flexibility index (Phi) is 3.93. The molecule has 0 aromatic carbocycles. The van der Waals surface area contributed by atoms with Crippen LogP contribution >= 0.6 is 0 Å². The zero-order chi connectivity index (χ0) is 11.4.